The maximum absolute atomic E-state index is 11.6. The number of rotatable bonds is 5. The zero-order valence-electron chi connectivity index (χ0n) is 10.1. The highest BCUT2D eigenvalue weighted by atomic mass is 16.4. The maximum atomic E-state index is 11.6. The van der Waals surface area contributed by atoms with E-state index in [4.69, 9.17) is 10.2 Å². The maximum Gasteiger partial charge on any atom is 0.419 e. The second kappa shape index (κ2) is 5.19. The first-order valence-electron chi connectivity index (χ1n) is 6.02. The summed E-state index contributed by atoms with van der Waals surface area (Å²) in [4.78, 5) is 11.6. The van der Waals surface area contributed by atoms with E-state index in [-0.39, 0.29) is 11.8 Å². The van der Waals surface area contributed by atoms with E-state index >= 15 is 0 Å². The Morgan fingerprint density at radius 2 is 2.12 bits per heavy atom. The van der Waals surface area contributed by atoms with Crippen molar-refractivity contribution in [1.82, 2.24) is 4.57 Å². The normalized spacial score (nSPS) is 13.1. The Kier molecular flexibility index (Phi) is 3.64. The molecule has 0 aliphatic heterocycles. The molecule has 1 atom stereocenters. The Morgan fingerprint density at radius 3 is 2.88 bits per heavy atom. The standard InChI is InChI=1S/C13H18N2O2/c1-10(14)6-4-5-9-15-11-7-2-3-8-12(11)17-13(15)16/h2-3,7-8,10H,4-6,9,14H2,1H3. The predicted octanol–water partition coefficient (Wildman–Crippen LogP) is 2.11. The van der Waals surface area contributed by atoms with Gasteiger partial charge in [-0.15, -0.1) is 0 Å². The van der Waals surface area contributed by atoms with Crippen molar-refractivity contribution in [2.24, 2.45) is 5.73 Å². The molecule has 1 heterocycles. The average molecular weight is 234 g/mol. The van der Waals surface area contributed by atoms with E-state index in [1.54, 1.807) is 4.57 Å². The molecule has 17 heavy (non-hydrogen) atoms. The summed E-state index contributed by atoms with van der Waals surface area (Å²) in [7, 11) is 0. The van der Waals surface area contributed by atoms with Gasteiger partial charge in [0, 0.05) is 12.6 Å². The topological polar surface area (TPSA) is 61.2 Å². The van der Waals surface area contributed by atoms with Crippen LogP contribution >= 0.6 is 0 Å². The fraction of sp³-hybridized carbons (Fsp3) is 0.462. The minimum absolute atomic E-state index is 0.229. The molecule has 1 aromatic carbocycles. The number of para-hydroxylation sites is 2. The number of aryl methyl sites for hydroxylation is 1. The lowest BCUT2D eigenvalue weighted by Gasteiger charge is -2.04. The van der Waals surface area contributed by atoms with Crippen molar-refractivity contribution >= 4 is 11.1 Å². The van der Waals surface area contributed by atoms with Gasteiger partial charge < -0.3 is 10.2 Å². The first-order chi connectivity index (χ1) is 8.18. The molecule has 2 rings (SSSR count). The van der Waals surface area contributed by atoms with Crippen LogP contribution in [0.4, 0.5) is 0 Å². The summed E-state index contributed by atoms with van der Waals surface area (Å²) in [5, 5.41) is 0. The SMILES string of the molecule is CC(N)CCCCn1c(=O)oc2ccccc21. The van der Waals surface area contributed by atoms with Crippen LogP contribution in [0.3, 0.4) is 0 Å². The van der Waals surface area contributed by atoms with Crippen LogP contribution in [0.25, 0.3) is 11.1 Å². The van der Waals surface area contributed by atoms with Gasteiger partial charge in [-0.3, -0.25) is 4.57 Å². The van der Waals surface area contributed by atoms with Gasteiger partial charge in [0.1, 0.15) is 0 Å². The van der Waals surface area contributed by atoms with Crippen molar-refractivity contribution in [1.29, 1.82) is 0 Å². The van der Waals surface area contributed by atoms with Gasteiger partial charge in [-0.05, 0) is 31.9 Å². The number of nitrogens with two attached hydrogens (primary N) is 1. The number of aromatic nitrogens is 1. The molecule has 0 bridgehead atoms. The molecule has 1 unspecified atom stereocenters. The molecular weight excluding hydrogens is 216 g/mol. The monoisotopic (exact) mass is 234 g/mol. The second-order valence-corrected chi connectivity index (χ2v) is 4.46. The Bertz CT molecular complexity index is 540. The molecule has 2 N–H and O–H groups in total. The van der Waals surface area contributed by atoms with Gasteiger partial charge in [0.15, 0.2) is 5.58 Å². The van der Waals surface area contributed by atoms with Crippen molar-refractivity contribution in [3.05, 3.63) is 34.8 Å². The number of benzene rings is 1. The largest absolute Gasteiger partial charge is 0.419 e. The third-order valence-corrected chi connectivity index (χ3v) is 2.86. The van der Waals surface area contributed by atoms with E-state index in [2.05, 4.69) is 0 Å². The van der Waals surface area contributed by atoms with E-state index in [0.29, 0.717) is 12.1 Å². The van der Waals surface area contributed by atoms with Crippen molar-refractivity contribution in [3.8, 4) is 0 Å². The lowest BCUT2D eigenvalue weighted by Crippen LogP contribution is -2.16. The summed E-state index contributed by atoms with van der Waals surface area (Å²) in [6, 6.07) is 7.73. The van der Waals surface area contributed by atoms with Gasteiger partial charge in [0.25, 0.3) is 0 Å². The predicted molar refractivity (Wildman–Crippen MR) is 68.0 cm³/mol. The van der Waals surface area contributed by atoms with E-state index in [9.17, 15) is 4.79 Å². The van der Waals surface area contributed by atoms with E-state index in [0.717, 1.165) is 24.8 Å². The minimum atomic E-state index is -0.271. The van der Waals surface area contributed by atoms with Gasteiger partial charge >= 0.3 is 5.76 Å². The summed E-state index contributed by atoms with van der Waals surface area (Å²) in [6.45, 7) is 2.70. The van der Waals surface area contributed by atoms with Crippen molar-refractivity contribution in [2.45, 2.75) is 38.8 Å². The molecule has 0 aliphatic carbocycles. The van der Waals surface area contributed by atoms with Gasteiger partial charge in [-0.25, -0.2) is 4.79 Å². The number of hydrogen-bond donors (Lipinski definition) is 1. The number of unbranched alkanes of at least 4 members (excludes halogenated alkanes) is 1. The second-order valence-electron chi connectivity index (χ2n) is 4.46. The number of oxazole rings is 1. The van der Waals surface area contributed by atoms with Crippen LogP contribution in [0.2, 0.25) is 0 Å². The Balaban J connectivity index is 2.08. The molecule has 4 heteroatoms. The molecule has 0 radical (unpaired) electrons. The minimum Gasteiger partial charge on any atom is -0.408 e. The fourth-order valence-electron chi connectivity index (χ4n) is 1.96. The summed E-state index contributed by atoms with van der Waals surface area (Å²) in [5.41, 5.74) is 7.22. The van der Waals surface area contributed by atoms with E-state index in [1.807, 2.05) is 31.2 Å². The molecule has 4 nitrogen and oxygen atoms in total. The average Bonchev–Trinajstić information content (AvgIpc) is 2.60. The molecule has 2 aromatic rings. The van der Waals surface area contributed by atoms with E-state index in [1.165, 1.54) is 0 Å². The zero-order chi connectivity index (χ0) is 12.3. The summed E-state index contributed by atoms with van der Waals surface area (Å²) in [6.07, 6.45) is 2.97. The van der Waals surface area contributed by atoms with Crippen LogP contribution in [-0.2, 0) is 6.54 Å². The molecule has 0 amide bonds. The van der Waals surface area contributed by atoms with Crippen molar-refractivity contribution in [3.63, 3.8) is 0 Å². The van der Waals surface area contributed by atoms with Gasteiger partial charge in [-0.1, -0.05) is 18.6 Å². The highest BCUT2D eigenvalue weighted by molar-refractivity contribution is 5.72. The van der Waals surface area contributed by atoms with Gasteiger partial charge in [0.05, 0.1) is 5.52 Å². The number of hydrogen-bond acceptors (Lipinski definition) is 3. The molecule has 0 aliphatic rings. The first kappa shape index (κ1) is 11.9. The van der Waals surface area contributed by atoms with Crippen molar-refractivity contribution < 1.29 is 4.42 Å². The number of fused-ring (bicyclic) bond motifs is 1. The molecule has 92 valence electrons. The van der Waals surface area contributed by atoms with Crippen LogP contribution in [0.1, 0.15) is 26.2 Å². The molecule has 1 aromatic heterocycles. The lowest BCUT2D eigenvalue weighted by atomic mass is 10.1. The molecule has 0 saturated heterocycles. The van der Waals surface area contributed by atoms with Crippen LogP contribution in [-0.4, -0.2) is 10.6 Å². The highest BCUT2D eigenvalue weighted by Gasteiger charge is 2.07. The number of nitrogens with zero attached hydrogens (tertiary/aromatic N) is 1. The molecule has 0 fully saturated rings. The lowest BCUT2D eigenvalue weighted by molar-refractivity contribution is 0.483. The van der Waals surface area contributed by atoms with Gasteiger partial charge in [-0.2, -0.15) is 0 Å². The molecular formula is C13H18N2O2. The molecule has 0 saturated carbocycles. The third-order valence-electron chi connectivity index (χ3n) is 2.86. The van der Waals surface area contributed by atoms with E-state index < -0.39 is 0 Å². The van der Waals surface area contributed by atoms with Crippen LogP contribution < -0.4 is 11.5 Å². The van der Waals surface area contributed by atoms with Crippen LogP contribution in [0.15, 0.2) is 33.5 Å². The Labute approximate surface area is 100 Å². The smallest absolute Gasteiger partial charge is 0.408 e. The highest BCUT2D eigenvalue weighted by Crippen LogP contribution is 2.12. The summed E-state index contributed by atoms with van der Waals surface area (Å²) in [5.74, 6) is -0.271. The quantitative estimate of drug-likeness (QED) is 0.806. The van der Waals surface area contributed by atoms with Gasteiger partial charge in [0.2, 0.25) is 0 Å². The van der Waals surface area contributed by atoms with Crippen molar-refractivity contribution in [2.75, 3.05) is 0 Å². The Morgan fingerprint density at radius 1 is 1.35 bits per heavy atom. The summed E-state index contributed by atoms with van der Waals surface area (Å²) >= 11 is 0. The third kappa shape index (κ3) is 2.77. The molecule has 0 spiro atoms. The zero-order valence-corrected chi connectivity index (χ0v) is 10.1. The Hall–Kier alpha value is -1.55. The summed E-state index contributed by atoms with van der Waals surface area (Å²) < 4.78 is 6.85. The first-order valence-corrected chi connectivity index (χ1v) is 6.02. The fourth-order valence-corrected chi connectivity index (χ4v) is 1.96. The van der Waals surface area contributed by atoms with Crippen LogP contribution in [0.5, 0.6) is 0 Å². The van der Waals surface area contributed by atoms with Crippen LogP contribution in [0, 0.1) is 0 Å².